The smallest absolute Gasteiger partial charge is 0.292 e. The number of nitro groups is 1. The van der Waals surface area contributed by atoms with Crippen molar-refractivity contribution in [2.75, 3.05) is 18.4 Å². The Hall–Kier alpha value is -2.41. The molecule has 0 spiro atoms. The fourth-order valence-corrected chi connectivity index (χ4v) is 3.60. The molecule has 1 aromatic carbocycles. The van der Waals surface area contributed by atoms with E-state index in [4.69, 9.17) is 0 Å². The van der Waals surface area contributed by atoms with Gasteiger partial charge in [0, 0.05) is 37.0 Å². The van der Waals surface area contributed by atoms with Crippen LogP contribution in [0.25, 0.3) is 0 Å². The molecule has 0 unspecified atom stereocenters. The van der Waals surface area contributed by atoms with Gasteiger partial charge in [0.25, 0.3) is 5.69 Å². The predicted octanol–water partition coefficient (Wildman–Crippen LogP) is 3.04. The fraction of sp³-hybridized carbons (Fsp3) is 0.312. The molecule has 0 saturated heterocycles. The summed E-state index contributed by atoms with van der Waals surface area (Å²) in [6.45, 7) is 1.80. The van der Waals surface area contributed by atoms with E-state index in [2.05, 4.69) is 16.8 Å². The lowest BCUT2D eigenvalue weighted by molar-refractivity contribution is -0.384. The third-order valence-corrected chi connectivity index (χ3v) is 4.94. The average molecular weight is 331 g/mol. The van der Waals surface area contributed by atoms with Gasteiger partial charge in [-0.3, -0.25) is 14.9 Å². The van der Waals surface area contributed by atoms with E-state index in [0.717, 1.165) is 13.0 Å². The molecule has 1 amide bonds. The minimum absolute atomic E-state index is 0.0286. The van der Waals surface area contributed by atoms with Crippen LogP contribution < -0.4 is 5.32 Å². The molecule has 3 rings (SSSR count). The Morgan fingerprint density at radius 2 is 2.17 bits per heavy atom. The first-order valence-corrected chi connectivity index (χ1v) is 8.33. The molecule has 2 aromatic rings. The largest absolute Gasteiger partial charge is 0.379 e. The maximum Gasteiger partial charge on any atom is 0.292 e. The quantitative estimate of drug-likeness (QED) is 0.675. The van der Waals surface area contributed by atoms with Gasteiger partial charge in [-0.25, -0.2) is 0 Å². The summed E-state index contributed by atoms with van der Waals surface area (Å²) < 4.78 is 0. The van der Waals surface area contributed by atoms with Gasteiger partial charge in [-0.1, -0.05) is 12.1 Å². The Morgan fingerprint density at radius 1 is 1.35 bits per heavy atom. The van der Waals surface area contributed by atoms with E-state index in [1.165, 1.54) is 16.5 Å². The molecule has 0 bridgehead atoms. The molecule has 0 saturated carbocycles. The van der Waals surface area contributed by atoms with Gasteiger partial charge in [-0.05, 0) is 29.5 Å². The minimum atomic E-state index is -0.424. The van der Waals surface area contributed by atoms with E-state index in [0.29, 0.717) is 25.2 Å². The Balaban J connectivity index is 1.53. The highest BCUT2D eigenvalue weighted by Crippen LogP contribution is 2.25. The normalized spacial score (nSPS) is 13.5. The number of nitrogens with one attached hydrogen (secondary N) is 1. The summed E-state index contributed by atoms with van der Waals surface area (Å²) in [5.41, 5.74) is 1.71. The number of nitrogens with zero attached hydrogens (tertiary/aromatic N) is 2. The highest BCUT2D eigenvalue weighted by atomic mass is 32.1. The fourth-order valence-electron chi connectivity index (χ4n) is 2.71. The zero-order valence-corrected chi connectivity index (χ0v) is 13.3. The number of anilines is 1. The Kier molecular flexibility index (Phi) is 4.57. The van der Waals surface area contributed by atoms with E-state index in [9.17, 15) is 14.9 Å². The Labute approximate surface area is 137 Å². The molecule has 120 valence electrons. The molecule has 1 aliphatic rings. The van der Waals surface area contributed by atoms with Crippen LogP contribution in [0.4, 0.5) is 11.4 Å². The molecule has 1 N–H and O–H groups in total. The van der Waals surface area contributed by atoms with Crippen LogP contribution in [0, 0.1) is 10.1 Å². The number of carbonyl (C=O) groups is 1. The van der Waals surface area contributed by atoms with Crippen molar-refractivity contribution in [3.63, 3.8) is 0 Å². The summed E-state index contributed by atoms with van der Waals surface area (Å²) in [5, 5.41) is 16.0. The monoisotopic (exact) mass is 331 g/mol. The van der Waals surface area contributed by atoms with Gasteiger partial charge in [0.05, 0.1) is 4.92 Å². The number of para-hydroxylation sites is 2. The third-order valence-electron chi connectivity index (χ3n) is 3.92. The lowest BCUT2D eigenvalue weighted by atomic mass is 10.1. The second-order valence-corrected chi connectivity index (χ2v) is 6.39. The lowest BCUT2D eigenvalue weighted by Gasteiger charge is -2.27. The molecule has 0 fully saturated rings. The molecule has 1 aliphatic heterocycles. The van der Waals surface area contributed by atoms with Gasteiger partial charge in [0.1, 0.15) is 5.69 Å². The number of benzene rings is 1. The summed E-state index contributed by atoms with van der Waals surface area (Å²) in [7, 11) is 0. The van der Waals surface area contributed by atoms with Crippen molar-refractivity contribution in [3.05, 3.63) is 56.3 Å². The van der Waals surface area contributed by atoms with Crippen LogP contribution in [0.2, 0.25) is 0 Å². The maximum atomic E-state index is 12.3. The standard InChI is InChI=1S/C16H17N3O3S/c20-16(18-9-6-15-12(11-18)7-10-23-15)5-8-17-13-3-1-2-4-14(13)19(21)22/h1-4,7,10,17H,5-6,8-9,11H2. The second kappa shape index (κ2) is 6.78. The zero-order valence-electron chi connectivity index (χ0n) is 12.5. The molecule has 1 aromatic heterocycles. The predicted molar refractivity (Wildman–Crippen MR) is 89.6 cm³/mol. The molecule has 0 aliphatic carbocycles. The van der Waals surface area contributed by atoms with Gasteiger partial charge in [0.15, 0.2) is 0 Å². The van der Waals surface area contributed by atoms with Gasteiger partial charge in [-0.15, -0.1) is 11.3 Å². The number of thiophene rings is 1. The number of amides is 1. The van der Waals surface area contributed by atoms with Gasteiger partial charge >= 0.3 is 0 Å². The zero-order chi connectivity index (χ0) is 16.2. The van der Waals surface area contributed by atoms with Crippen LogP contribution in [0.1, 0.15) is 16.9 Å². The Morgan fingerprint density at radius 3 is 3.00 bits per heavy atom. The molecular weight excluding hydrogens is 314 g/mol. The molecule has 0 atom stereocenters. The molecular formula is C16H17N3O3S. The van der Waals surface area contributed by atoms with Crippen LogP contribution in [0.5, 0.6) is 0 Å². The summed E-state index contributed by atoms with van der Waals surface area (Å²) in [5.74, 6) is 0.0768. The molecule has 2 heterocycles. The number of carbonyl (C=O) groups excluding carboxylic acids is 1. The van der Waals surface area contributed by atoms with Crippen LogP contribution in [-0.4, -0.2) is 28.8 Å². The van der Waals surface area contributed by atoms with Crippen molar-refractivity contribution in [2.24, 2.45) is 0 Å². The number of hydrogen-bond donors (Lipinski definition) is 1. The summed E-state index contributed by atoms with van der Waals surface area (Å²) in [4.78, 5) is 26.0. The van der Waals surface area contributed by atoms with E-state index in [-0.39, 0.29) is 11.6 Å². The Bertz CT molecular complexity index is 729. The van der Waals surface area contributed by atoms with Crippen molar-refractivity contribution < 1.29 is 9.72 Å². The first-order valence-electron chi connectivity index (χ1n) is 7.45. The van der Waals surface area contributed by atoms with E-state index in [1.807, 2.05) is 4.90 Å². The van der Waals surface area contributed by atoms with Crippen molar-refractivity contribution in [2.45, 2.75) is 19.4 Å². The lowest BCUT2D eigenvalue weighted by Crippen LogP contribution is -2.36. The first kappa shape index (κ1) is 15.5. The number of nitro benzene ring substituents is 1. The highest BCUT2D eigenvalue weighted by molar-refractivity contribution is 7.10. The molecule has 7 heteroatoms. The van der Waals surface area contributed by atoms with Crippen LogP contribution in [-0.2, 0) is 17.8 Å². The van der Waals surface area contributed by atoms with Gasteiger partial charge < -0.3 is 10.2 Å². The number of rotatable bonds is 5. The highest BCUT2D eigenvalue weighted by Gasteiger charge is 2.21. The average Bonchev–Trinajstić information content (AvgIpc) is 3.02. The van der Waals surface area contributed by atoms with Gasteiger partial charge in [-0.2, -0.15) is 0 Å². The van der Waals surface area contributed by atoms with Crippen molar-refractivity contribution in [1.82, 2.24) is 4.90 Å². The first-order chi connectivity index (χ1) is 11.1. The number of hydrogen-bond acceptors (Lipinski definition) is 5. The summed E-state index contributed by atoms with van der Waals surface area (Å²) >= 11 is 1.74. The van der Waals surface area contributed by atoms with Crippen molar-refractivity contribution >= 4 is 28.6 Å². The summed E-state index contributed by atoms with van der Waals surface area (Å²) in [6.07, 6.45) is 1.24. The number of fused-ring (bicyclic) bond motifs is 1. The van der Waals surface area contributed by atoms with E-state index >= 15 is 0 Å². The van der Waals surface area contributed by atoms with Crippen molar-refractivity contribution in [1.29, 1.82) is 0 Å². The van der Waals surface area contributed by atoms with Gasteiger partial charge in [0.2, 0.25) is 5.91 Å². The topological polar surface area (TPSA) is 75.5 Å². The minimum Gasteiger partial charge on any atom is -0.379 e. The van der Waals surface area contributed by atoms with Crippen LogP contribution in [0.3, 0.4) is 0 Å². The van der Waals surface area contributed by atoms with Crippen molar-refractivity contribution in [3.8, 4) is 0 Å². The maximum absolute atomic E-state index is 12.3. The van der Waals surface area contributed by atoms with E-state index < -0.39 is 4.92 Å². The molecule has 23 heavy (non-hydrogen) atoms. The molecule has 0 radical (unpaired) electrons. The van der Waals surface area contributed by atoms with Crippen LogP contribution >= 0.6 is 11.3 Å². The summed E-state index contributed by atoms with van der Waals surface area (Å²) in [6, 6.07) is 8.54. The van der Waals surface area contributed by atoms with Crippen LogP contribution in [0.15, 0.2) is 35.7 Å². The second-order valence-electron chi connectivity index (χ2n) is 5.39. The van der Waals surface area contributed by atoms with E-state index in [1.54, 1.807) is 29.5 Å². The SMILES string of the molecule is O=C(CCNc1ccccc1[N+](=O)[O-])N1CCc2sccc2C1. The third kappa shape index (κ3) is 3.50. The molecule has 6 nitrogen and oxygen atoms in total.